The molecule has 2 nitrogen and oxygen atoms in total. The van der Waals surface area contributed by atoms with E-state index in [4.69, 9.17) is 10.5 Å². The Kier molecular flexibility index (Phi) is 3.26. The van der Waals surface area contributed by atoms with Crippen molar-refractivity contribution in [3.8, 4) is 0 Å². The lowest BCUT2D eigenvalue weighted by Gasteiger charge is -2.20. The summed E-state index contributed by atoms with van der Waals surface area (Å²) in [5, 5.41) is 0. The zero-order valence-corrected chi connectivity index (χ0v) is 9.74. The van der Waals surface area contributed by atoms with Gasteiger partial charge < -0.3 is 10.5 Å². The van der Waals surface area contributed by atoms with Gasteiger partial charge in [0.15, 0.2) is 0 Å². The number of rotatable bonds is 2. The Balaban J connectivity index is 2.17. The highest BCUT2D eigenvalue weighted by Crippen LogP contribution is 2.31. The van der Waals surface area contributed by atoms with Gasteiger partial charge in [0.1, 0.15) is 5.82 Å². The van der Waals surface area contributed by atoms with Crippen LogP contribution in [0.4, 0.5) is 4.39 Å². The van der Waals surface area contributed by atoms with Crippen LogP contribution in [0.3, 0.4) is 0 Å². The number of aryl methyl sites for hydroxylation is 1. The minimum absolute atomic E-state index is 0.0504. The maximum atomic E-state index is 13.0. The standard InChI is InChI=1S/C13H18FNO/c1-8-5-11(14)3-4-12(8)13(15)10-6-9(2)16-7-10/h3-5,9-10,13H,6-7,15H2,1-2H3. The fourth-order valence-electron chi connectivity index (χ4n) is 2.37. The highest BCUT2D eigenvalue weighted by Gasteiger charge is 2.28. The second-order valence-corrected chi connectivity index (χ2v) is 4.67. The molecular formula is C13H18FNO. The van der Waals surface area contributed by atoms with Crippen LogP contribution in [0.1, 0.15) is 30.5 Å². The van der Waals surface area contributed by atoms with Gasteiger partial charge in [-0.3, -0.25) is 0 Å². The van der Waals surface area contributed by atoms with Gasteiger partial charge in [-0.25, -0.2) is 4.39 Å². The van der Waals surface area contributed by atoms with E-state index in [1.54, 1.807) is 6.07 Å². The first-order valence-electron chi connectivity index (χ1n) is 5.71. The molecule has 1 aromatic rings. The highest BCUT2D eigenvalue weighted by molar-refractivity contribution is 5.29. The van der Waals surface area contributed by atoms with Crippen molar-refractivity contribution in [1.82, 2.24) is 0 Å². The molecule has 1 aliphatic heterocycles. The predicted octanol–water partition coefficient (Wildman–Crippen LogP) is 2.56. The third kappa shape index (κ3) is 2.25. The Morgan fingerprint density at radius 1 is 1.50 bits per heavy atom. The molecule has 16 heavy (non-hydrogen) atoms. The second kappa shape index (κ2) is 4.52. The Morgan fingerprint density at radius 2 is 2.25 bits per heavy atom. The summed E-state index contributed by atoms with van der Waals surface area (Å²) >= 11 is 0. The van der Waals surface area contributed by atoms with Crippen LogP contribution >= 0.6 is 0 Å². The van der Waals surface area contributed by atoms with Crippen molar-refractivity contribution in [1.29, 1.82) is 0 Å². The van der Waals surface area contributed by atoms with Crippen LogP contribution in [0.15, 0.2) is 18.2 Å². The van der Waals surface area contributed by atoms with Gasteiger partial charge in [-0.05, 0) is 43.5 Å². The van der Waals surface area contributed by atoms with Crippen LogP contribution in [0.2, 0.25) is 0 Å². The predicted molar refractivity (Wildman–Crippen MR) is 61.6 cm³/mol. The van der Waals surface area contributed by atoms with Crippen molar-refractivity contribution in [2.75, 3.05) is 6.61 Å². The van der Waals surface area contributed by atoms with E-state index < -0.39 is 0 Å². The van der Waals surface area contributed by atoms with Gasteiger partial charge in [-0.1, -0.05) is 6.07 Å². The van der Waals surface area contributed by atoms with E-state index in [1.165, 1.54) is 12.1 Å². The Labute approximate surface area is 95.6 Å². The summed E-state index contributed by atoms with van der Waals surface area (Å²) in [6.07, 6.45) is 1.27. The molecule has 1 aliphatic rings. The van der Waals surface area contributed by atoms with Crippen LogP contribution in [0.5, 0.6) is 0 Å². The van der Waals surface area contributed by atoms with E-state index in [2.05, 4.69) is 6.92 Å². The van der Waals surface area contributed by atoms with E-state index in [-0.39, 0.29) is 18.0 Å². The molecular weight excluding hydrogens is 205 g/mol. The molecule has 0 radical (unpaired) electrons. The third-order valence-electron chi connectivity index (χ3n) is 3.33. The van der Waals surface area contributed by atoms with Crippen molar-refractivity contribution in [2.45, 2.75) is 32.4 Å². The molecule has 2 rings (SSSR count). The summed E-state index contributed by atoms with van der Waals surface area (Å²) < 4.78 is 18.5. The van der Waals surface area contributed by atoms with E-state index in [0.717, 1.165) is 17.5 Å². The number of nitrogens with two attached hydrogens (primary N) is 1. The van der Waals surface area contributed by atoms with Crippen LogP contribution in [-0.4, -0.2) is 12.7 Å². The van der Waals surface area contributed by atoms with Gasteiger partial charge in [-0.2, -0.15) is 0 Å². The Morgan fingerprint density at radius 3 is 2.81 bits per heavy atom. The average Bonchev–Trinajstić information content (AvgIpc) is 2.64. The fourth-order valence-corrected chi connectivity index (χ4v) is 2.37. The summed E-state index contributed by atoms with van der Waals surface area (Å²) in [6.45, 7) is 4.67. The molecule has 2 N–H and O–H groups in total. The Hall–Kier alpha value is -0.930. The van der Waals surface area contributed by atoms with Crippen molar-refractivity contribution >= 4 is 0 Å². The van der Waals surface area contributed by atoms with Crippen LogP contribution in [0.25, 0.3) is 0 Å². The smallest absolute Gasteiger partial charge is 0.123 e. The quantitative estimate of drug-likeness (QED) is 0.836. The van der Waals surface area contributed by atoms with Crippen molar-refractivity contribution in [3.63, 3.8) is 0 Å². The molecule has 0 saturated carbocycles. The SMILES string of the molecule is Cc1cc(F)ccc1C(N)C1COC(C)C1. The minimum Gasteiger partial charge on any atom is -0.378 e. The lowest BCUT2D eigenvalue weighted by molar-refractivity contribution is 0.118. The molecule has 3 unspecified atom stereocenters. The topological polar surface area (TPSA) is 35.2 Å². The summed E-state index contributed by atoms with van der Waals surface area (Å²) in [5.41, 5.74) is 8.17. The molecule has 1 aromatic carbocycles. The third-order valence-corrected chi connectivity index (χ3v) is 3.33. The van der Waals surface area contributed by atoms with Gasteiger partial charge in [0.25, 0.3) is 0 Å². The minimum atomic E-state index is -0.204. The number of benzene rings is 1. The lowest BCUT2D eigenvalue weighted by Crippen LogP contribution is -2.22. The zero-order chi connectivity index (χ0) is 11.7. The van der Waals surface area contributed by atoms with Crippen LogP contribution in [0, 0.1) is 18.7 Å². The number of hydrogen-bond acceptors (Lipinski definition) is 2. The number of halogens is 1. The van der Waals surface area contributed by atoms with Crippen molar-refractivity contribution < 1.29 is 9.13 Å². The monoisotopic (exact) mass is 223 g/mol. The van der Waals surface area contributed by atoms with Crippen molar-refractivity contribution in [3.05, 3.63) is 35.1 Å². The molecule has 0 bridgehead atoms. The maximum Gasteiger partial charge on any atom is 0.123 e. The van der Waals surface area contributed by atoms with Gasteiger partial charge in [0, 0.05) is 12.0 Å². The fraction of sp³-hybridized carbons (Fsp3) is 0.538. The second-order valence-electron chi connectivity index (χ2n) is 4.67. The first-order valence-corrected chi connectivity index (χ1v) is 5.71. The summed E-state index contributed by atoms with van der Waals surface area (Å²) in [6, 6.07) is 4.75. The van der Waals surface area contributed by atoms with E-state index in [9.17, 15) is 4.39 Å². The normalized spacial score (nSPS) is 27.0. The molecule has 0 aromatic heterocycles. The molecule has 1 heterocycles. The van der Waals surface area contributed by atoms with E-state index in [1.807, 2.05) is 6.92 Å². The molecule has 88 valence electrons. The summed E-state index contributed by atoms with van der Waals surface area (Å²) in [7, 11) is 0. The Bertz CT molecular complexity index is 380. The van der Waals surface area contributed by atoms with Gasteiger partial charge in [0.2, 0.25) is 0 Å². The first kappa shape index (κ1) is 11.6. The molecule has 3 heteroatoms. The van der Waals surface area contributed by atoms with E-state index in [0.29, 0.717) is 12.5 Å². The van der Waals surface area contributed by atoms with Crippen LogP contribution in [-0.2, 0) is 4.74 Å². The molecule has 0 spiro atoms. The zero-order valence-electron chi connectivity index (χ0n) is 9.74. The highest BCUT2D eigenvalue weighted by atomic mass is 19.1. The average molecular weight is 223 g/mol. The number of hydrogen-bond donors (Lipinski definition) is 1. The largest absolute Gasteiger partial charge is 0.378 e. The maximum absolute atomic E-state index is 13.0. The first-order chi connectivity index (χ1) is 7.58. The van der Waals surface area contributed by atoms with Crippen LogP contribution < -0.4 is 5.73 Å². The number of ether oxygens (including phenoxy) is 1. The lowest BCUT2D eigenvalue weighted by atomic mass is 9.89. The van der Waals surface area contributed by atoms with Gasteiger partial charge >= 0.3 is 0 Å². The van der Waals surface area contributed by atoms with Gasteiger partial charge in [0.05, 0.1) is 12.7 Å². The summed E-state index contributed by atoms with van der Waals surface area (Å²) in [4.78, 5) is 0. The molecule has 0 amide bonds. The van der Waals surface area contributed by atoms with E-state index >= 15 is 0 Å². The molecule has 3 atom stereocenters. The molecule has 1 saturated heterocycles. The van der Waals surface area contributed by atoms with Gasteiger partial charge in [-0.15, -0.1) is 0 Å². The molecule has 1 fully saturated rings. The summed E-state index contributed by atoms with van der Waals surface area (Å²) in [5.74, 6) is 0.142. The van der Waals surface area contributed by atoms with Crippen molar-refractivity contribution in [2.24, 2.45) is 11.7 Å². The molecule has 0 aliphatic carbocycles.